The fraction of sp³-hybridized carbons (Fsp3) is 0.300. The minimum atomic E-state index is -3.82. The van der Waals surface area contributed by atoms with E-state index in [4.69, 9.17) is 58.0 Å². The highest BCUT2D eigenvalue weighted by Crippen LogP contribution is 2.38. The highest BCUT2D eigenvalue weighted by Gasteiger charge is 2.30. The van der Waals surface area contributed by atoms with Crippen molar-refractivity contribution in [3.05, 3.63) is 24.0 Å². The summed E-state index contributed by atoms with van der Waals surface area (Å²) in [5, 5.41) is 0. The van der Waals surface area contributed by atoms with Crippen LogP contribution in [-0.4, -0.2) is 22.1 Å². The predicted octanol–water partition coefficient (Wildman–Crippen LogP) is 3.93. The Morgan fingerprint density at radius 3 is 2.35 bits per heavy atom. The third-order valence-electron chi connectivity index (χ3n) is 2.67. The highest BCUT2D eigenvalue weighted by molar-refractivity contribution is 7.94. The zero-order chi connectivity index (χ0) is 15.3. The molecule has 0 saturated heterocycles. The number of sulfone groups is 1. The van der Waals surface area contributed by atoms with Gasteiger partial charge in [-0.2, -0.15) is 0 Å². The summed E-state index contributed by atoms with van der Waals surface area (Å²) in [5.74, 6) is 0.181. The van der Waals surface area contributed by atoms with Crippen LogP contribution in [0.15, 0.2) is 23.1 Å². The Labute approximate surface area is 140 Å². The molecule has 10 heteroatoms. The molecule has 0 amide bonds. The number of hydrogen-bond acceptors (Lipinski definition) is 3. The lowest BCUT2D eigenvalue weighted by Gasteiger charge is -2.09. The summed E-state index contributed by atoms with van der Waals surface area (Å²) in [6.45, 7) is 0. The molecule has 0 atom stereocenters. The standard InChI is InChI=1S/C10H7Cl5N2O2S/c1-17-7-3-2-5(20(18,19)9(11)12)4-6(7)16-8(17)10(13,14)15/h2-4,9H,1H3. The van der Waals surface area contributed by atoms with Crippen LogP contribution in [0.5, 0.6) is 0 Å². The normalized spacial score (nSPS) is 13.3. The quantitative estimate of drug-likeness (QED) is 0.723. The molecule has 2 aromatic rings. The average molecular weight is 397 g/mol. The molecule has 110 valence electrons. The number of aromatic nitrogens is 2. The minimum Gasteiger partial charge on any atom is -0.327 e. The van der Waals surface area contributed by atoms with Crippen LogP contribution >= 0.6 is 58.0 Å². The molecule has 0 aliphatic rings. The zero-order valence-electron chi connectivity index (χ0n) is 9.82. The third kappa shape index (κ3) is 2.85. The van der Waals surface area contributed by atoms with Gasteiger partial charge in [-0.25, -0.2) is 13.4 Å². The molecule has 0 fully saturated rings. The molecule has 0 aliphatic carbocycles. The second-order valence-electron chi connectivity index (χ2n) is 3.95. The van der Waals surface area contributed by atoms with Gasteiger partial charge in [-0.1, -0.05) is 58.0 Å². The summed E-state index contributed by atoms with van der Waals surface area (Å²) in [6, 6.07) is 4.26. The molecule has 2 rings (SSSR count). The number of benzene rings is 1. The Morgan fingerprint density at radius 2 is 1.85 bits per heavy atom. The van der Waals surface area contributed by atoms with Crippen molar-refractivity contribution in [1.29, 1.82) is 0 Å². The molecule has 0 aliphatic heterocycles. The Balaban J connectivity index is 2.69. The Hall–Kier alpha value is 0.0900. The molecule has 0 spiro atoms. The summed E-state index contributed by atoms with van der Waals surface area (Å²) in [7, 11) is -2.17. The van der Waals surface area contributed by atoms with Crippen LogP contribution in [0.4, 0.5) is 0 Å². The van der Waals surface area contributed by atoms with E-state index in [0.717, 1.165) is 0 Å². The smallest absolute Gasteiger partial charge is 0.248 e. The van der Waals surface area contributed by atoms with E-state index in [1.165, 1.54) is 12.1 Å². The van der Waals surface area contributed by atoms with E-state index in [1.54, 1.807) is 17.7 Å². The second-order valence-corrected chi connectivity index (χ2v) is 9.88. The predicted molar refractivity (Wildman–Crippen MR) is 82.6 cm³/mol. The molecule has 1 heterocycles. The van der Waals surface area contributed by atoms with Crippen LogP contribution in [0.3, 0.4) is 0 Å². The summed E-state index contributed by atoms with van der Waals surface area (Å²) in [4.78, 5) is 4.09. The van der Waals surface area contributed by atoms with Gasteiger partial charge in [-0.05, 0) is 18.2 Å². The lowest BCUT2D eigenvalue weighted by Crippen LogP contribution is -2.09. The fourth-order valence-electron chi connectivity index (χ4n) is 1.71. The van der Waals surface area contributed by atoms with Gasteiger partial charge in [0.1, 0.15) is 0 Å². The first-order valence-corrected chi connectivity index (χ1v) is 8.66. The third-order valence-corrected chi connectivity index (χ3v) is 5.96. The van der Waals surface area contributed by atoms with Gasteiger partial charge in [0.25, 0.3) is 0 Å². The van der Waals surface area contributed by atoms with Crippen LogP contribution in [-0.2, 0) is 20.7 Å². The summed E-state index contributed by atoms with van der Waals surface area (Å²) < 4.78 is 22.1. The van der Waals surface area contributed by atoms with E-state index < -0.39 is 17.8 Å². The number of imidazole rings is 1. The molecule has 4 nitrogen and oxygen atoms in total. The van der Waals surface area contributed by atoms with Crippen molar-refractivity contribution < 1.29 is 8.42 Å². The van der Waals surface area contributed by atoms with Crippen molar-refractivity contribution in [2.24, 2.45) is 7.05 Å². The molecule has 0 bridgehead atoms. The van der Waals surface area contributed by atoms with Gasteiger partial charge in [0, 0.05) is 7.05 Å². The van der Waals surface area contributed by atoms with Crippen LogP contribution in [0.2, 0.25) is 0 Å². The molecule has 20 heavy (non-hydrogen) atoms. The molecule has 0 N–H and O–H groups in total. The van der Waals surface area contributed by atoms with E-state index in [9.17, 15) is 8.42 Å². The molecule has 0 saturated carbocycles. The molecular weight excluding hydrogens is 389 g/mol. The van der Waals surface area contributed by atoms with Gasteiger partial charge in [0.15, 0.2) is 5.82 Å². The van der Waals surface area contributed by atoms with Crippen LogP contribution in [0.25, 0.3) is 11.0 Å². The lowest BCUT2D eigenvalue weighted by atomic mass is 10.3. The Bertz CT molecular complexity index is 764. The van der Waals surface area contributed by atoms with E-state index >= 15 is 0 Å². The van der Waals surface area contributed by atoms with Crippen molar-refractivity contribution in [3.8, 4) is 0 Å². The average Bonchev–Trinajstić information content (AvgIpc) is 2.66. The number of alkyl halides is 5. The van der Waals surface area contributed by atoms with Crippen LogP contribution < -0.4 is 0 Å². The minimum absolute atomic E-state index is 0.0473. The largest absolute Gasteiger partial charge is 0.327 e. The second kappa shape index (κ2) is 5.38. The number of rotatable bonds is 2. The lowest BCUT2D eigenvalue weighted by molar-refractivity contribution is 0.598. The molecule has 1 aromatic heterocycles. The van der Waals surface area contributed by atoms with Gasteiger partial charge in [0.05, 0.1) is 15.9 Å². The summed E-state index contributed by atoms with van der Waals surface area (Å²) in [6.07, 6.45) is 0. The Morgan fingerprint density at radius 1 is 1.25 bits per heavy atom. The first-order valence-electron chi connectivity index (χ1n) is 5.11. The first-order chi connectivity index (χ1) is 9.05. The van der Waals surface area contributed by atoms with Crippen molar-refractivity contribution in [2.45, 2.75) is 12.9 Å². The molecular formula is C10H7Cl5N2O2S. The van der Waals surface area contributed by atoms with Crippen molar-refractivity contribution in [2.75, 3.05) is 0 Å². The maximum atomic E-state index is 11.9. The van der Waals surface area contributed by atoms with E-state index in [2.05, 4.69) is 4.98 Å². The number of aryl methyl sites for hydroxylation is 1. The SMILES string of the molecule is Cn1c(C(Cl)(Cl)Cl)nc2cc(S(=O)(=O)C(Cl)Cl)ccc21. The maximum Gasteiger partial charge on any atom is 0.248 e. The Kier molecular flexibility index (Phi) is 4.42. The topological polar surface area (TPSA) is 52.0 Å². The summed E-state index contributed by atoms with van der Waals surface area (Å²) in [5.41, 5.74) is 0.981. The number of fused-ring (bicyclic) bond motifs is 1. The number of nitrogens with zero attached hydrogens (tertiary/aromatic N) is 2. The van der Waals surface area contributed by atoms with E-state index in [0.29, 0.717) is 11.0 Å². The van der Waals surface area contributed by atoms with Crippen molar-refractivity contribution in [3.63, 3.8) is 0 Å². The van der Waals surface area contributed by atoms with Crippen LogP contribution in [0, 0.1) is 0 Å². The fourth-order valence-corrected chi connectivity index (χ4v) is 3.58. The van der Waals surface area contributed by atoms with E-state index in [-0.39, 0.29) is 10.7 Å². The van der Waals surface area contributed by atoms with Gasteiger partial charge >= 0.3 is 0 Å². The maximum absolute atomic E-state index is 11.9. The first kappa shape index (κ1) is 16.5. The number of halogens is 5. The van der Waals surface area contributed by atoms with Crippen molar-refractivity contribution in [1.82, 2.24) is 9.55 Å². The molecule has 0 unspecified atom stereocenters. The zero-order valence-corrected chi connectivity index (χ0v) is 14.4. The molecule has 0 radical (unpaired) electrons. The van der Waals surface area contributed by atoms with E-state index in [1.807, 2.05) is 0 Å². The van der Waals surface area contributed by atoms with Gasteiger partial charge in [0.2, 0.25) is 17.8 Å². The highest BCUT2D eigenvalue weighted by atomic mass is 35.6. The van der Waals surface area contributed by atoms with Crippen molar-refractivity contribution >= 4 is 78.9 Å². The monoisotopic (exact) mass is 394 g/mol. The summed E-state index contributed by atoms with van der Waals surface area (Å²) >= 11 is 28.3. The van der Waals surface area contributed by atoms with Gasteiger partial charge in [-0.3, -0.25) is 0 Å². The van der Waals surface area contributed by atoms with Gasteiger partial charge < -0.3 is 4.57 Å². The molecule has 1 aromatic carbocycles. The van der Waals surface area contributed by atoms with Crippen LogP contribution in [0.1, 0.15) is 5.82 Å². The van der Waals surface area contributed by atoms with Gasteiger partial charge in [-0.15, -0.1) is 0 Å². The number of hydrogen-bond donors (Lipinski definition) is 0.